The van der Waals surface area contributed by atoms with Crippen molar-refractivity contribution in [1.29, 1.82) is 0 Å². The van der Waals surface area contributed by atoms with Crippen LogP contribution in [0.25, 0.3) is 0 Å². The molecule has 4 heteroatoms. The van der Waals surface area contributed by atoms with Gasteiger partial charge < -0.3 is 5.73 Å². The molecule has 0 radical (unpaired) electrons. The van der Waals surface area contributed by atoms with Gasteiger partial charge in [-0.15, -0.1) is 0 Å². The molecular weight excluding hydrogens is 257 g/mol. The quantitative estimate of drug-likeness (QED) is 0.849. The molecule has 0 bridgehead atoms. The normalized spacial score (nSPS) is 17.6. The van der Waals surface area contributed by atoms with Crippen LogP contribution in [-0.4, -0.2) is 12.3 Å². The molecule has 0 saturated heterocycles. The average molecular weight is 272 g/mol. The molecule has 2 N–H and O–H groups in total. The molecule has 0 atom stereocenters. The van der Waals surface area contributed by atoms with Crippen LogP contribution in [0.3, 0.4) is 0 Å². The number of ketones is 1. The number of carbonyl (C=O) groups is 1. The molecule has 1 aromatic carbocycles. The maximum absolute atomic E-state index is 12.1. The average Bonchev–Trinajstić information content (AvgIpc) is 2.27. The SMILES string of the molecule is NCC1(CC(=O)c2ccc(Cl)c(Cl)c2)CCC1. The van der Waals surface area contributed by atoms with E-state index >= 15 is 0 Å². The number of rotatable bonds is 4. The Kier molecular flexibility index (Phi) is 3.76. The third kappa shape index (κ3) is 2.65. The Morgan fingerprint density at radius 2 is 2.00 bits per heavy atom. The van der Waals surface area contributed by atoms with Crippen LogP contribution in [0.15, 0.2) is 18.2 Å². The van der Waals surface area contributed by atoms with Gasteiger partial charge in [-0.05, 0) is 43.0 Å². The highest BCUT2D eigenvalue weighted by Crippen LogP contribution is 2.43. The van der Waals surface area contributed by atoms with E-state index in [9.17, 15) is 4.79 Å². The van der Waals surface area contributed by atoms with E-state index in [0.717, 1.165) is 12.8 Å². The number of hydrogen-bond donors (Lipinski definition) is 1. The van der Waals surface area contributed by atoms with Gasteiger partial charge >= 0.3 is 0 Å². The molecule has 17 heavy (non-hydrogen) atoms. The van der Waals surface area contributed by atoms with Gasteiger partial charge in [-0.2, -0.15) is 0 Å². The Hall–Kier alpha value is -0.570. The predicted molar refractivity (Wildman–Crippen MR) is 70.7 cm³/mol. The van der Waals surface area contributed by atoms with E-state index in [1.807, 2.05) is 0 Å². The molecule has 92 valence electrons. The van der Waals surface area contributed by atoms with E-state index in [4.69, 9.17) is 28.9 Å². The number of carbonyl (C=O) groups excluding carboxylic acids is 1. The van der Waals surface area contributed by atoms with Crippen molar-refractivity contribution in [2.75, 3.05) is 6.54 Å². The Labute approximate surface area is 111 Å². The fourth-order valence-electron chi connectivity index (χ4n) is 2.24. The van der Waals surface area contributed by atoms with Gasteiger partial charge in [0.25, 0.3) is 0 Å². The maximum atomic E-state index is 12.1. The molecule has 1 aliphatic rings. The second kappa shape index (κ2) is 4.97. The van der Waals surface area contributed by atoms with Crippen molar-refractivity contribution in [3.63, 3.8) is 0 Å². The molecule has 2 rings (SSSR count). The number of halogens is 2. The predicted octanol–water partition coefficient (Wildman–Crippen LogP) is 3.70. The summed E-state index contributed by atoms with van der Waals surface area (Å²) in [5.41, 5.74) is 6.40. The lowest BCUT2D eigenvalue weighted by molar-refractivity contribution is 0.0786. The zero-order valence-electron chi connectivity index (χ0n) is 9.51. The van der Waals surface area contributed by atoms with E-state index in [0.29, 0.717) is 28.6 Å². The summed E-state index contributed by atoms with van der Waals surface area (Å²) in [4.78, 5) is 12.1. The Morgan fingerprint density at radius 3 is 2.47 bits per heavy atom. The Balaban J connectivity index is 2.11. The van der Waals surface area contributed by atoms with Gasteiger partial charge in [-0.3, -0.25) is 4.79 Å². The number of hydrogen-bond acceptors (Lipinski definition) is 2. The third-order valence-corrected chi connectivity index (χ3v) is 4.36. The van der Waals surface area contributed by atoms with Crippen molar-refractivity contribution in [3.05, 3.63) is 33.8 Å². The van der Waals surface area contributed by atoms with Gasteiger partial charge in [0.15, 0.2) is 5.78 Å². The van der Waals surface area contributed by atoms with Gasteiger partial charge in [0.05, 0.1) is 10.0 Å². The molecule has 0 unspecified atom stereocenters. The monoisotopic (exact) mass is 271 g/mol. The zero-order valence-corrected chi connectivity index (χ0v) is 11.0. The molecule has 0 aromatic heterocycles. The van der Waals surface area contributed by atoms with E-state index < -0.39 is 0 Å². The van der Waals surface area contributed by atoms with E-state index in [-0.39, 0.29) is 11.2 Å². The first kappa shape index (κ1) is 12.9. The lowest BCUT2D eigenvalue weighted by Gasteiger charge is -2.40. The van der Waals surface area contributed by atoms with Gasteiger partial charge in [0.2, 0.25) is 0 Å². The first-order chi connectivity index (χ1) is 8.06. The van der Waals surface area contributed by atoms with Crippen molar-refractivity contribution in [3.8, 4) is 0 Å². The van der Waals surface area contributed by atoms with E-state index in [1.54, 1.807) is 18.2 Å². The summed E-state index contributed by atoms with van der Waals surface area (Å²) in [6.45, 7) is 0.583. The van der Waals surface area contributed by atoms with Crippen LogP contribution in [0, 0.1) is 5.41 Å². The molecule has 1 fully saturated rings. The number of Topliss-reactive ketones (excluding diaryl/α,β-unsaturated/α-hetero) is 1. The molecule has 0 spiro atoms. The standard InChI is InChI=1S/C13H15Cl2NO/c14-10-3-2-9(6-11(10)15)12(17)7-13(8-16)4-1-5-13/h2-3,6H,1,4-5,7-8,16H2. The van der Waals surface area contributed by atoms with Crippen LogP contribution in [0.4, 0.5) is 0 Å². The second-order valence-electron chi connectivity index (χ2n) is 4.79. The topological polar surface area (TPSA) is 43.1 Å². The Bertz CT molecular complexity index is 436. The highest BCUT2D eigenvalue weighted by Gasteiger charge is 2.37. The fourth-order valence-corrected chi connectivity index (χ4v) is 2.54. The first-order valence-corrected chi connectivity index (χ1v) is 6.50. The summed E-state index contributed by atoms with van der Waals surface area (Å²) in [5, 5.41) is 0.897. The number of nitrogens with two attached hydrogens (primary N) is 1. The summed E-state index contributed by atoms with van der Waals surface area (Å²) in [6.07, 6.45) is 3.79. The van der Waals surface area contributed by atoms with E-state index in [1.165, 1.54) is 6.42 Å². The van der Waals surface area contributed by atoms with Crippen LogP contribution in [0.2, 0.25) is 10.0 Å². The molecular formula is C13H15Cl2NO. The molecule has 0 amide bonds. The smallest absolute Gasteiger partial charge is 0.163 e. The molecule has 2 nitrogen and oxygen atoms in total. The lowest BCUT2D eigenvalue weighted by atomic mass is 9.65. The minimum Gasteiger partial charge on any atom is -0.330 e. The van der Waals surface area contributed by atoms with E-state index in [2.05, 4.69) is 0 Å². The lowest BCUT2D eigenvalue weighted by Crippen LogP contribution is -2.39. The third-order valence-electron chi connectivity index (χ3n) is 3.62. The summed E-state index contributed by atoms with van der Waals surface area (Å²) in [6, 6.07) is 5.02. The largest absolute Gasteiger partial charge is 0.330 e. The van der Waals surface area contributed by atoms with Gasteiger partial charge in [-0.1, -0.05) is 29.6 Å². The highest BCUT2D eigenvalue weighted by molar-refractivity contribution is 6.42. The van der Waals surface area contributed by atoms with Crippen molar-refractivity contribution in [1.82, 2.24) is 0 Å². The van der Waals surface area contributed by atoms with Crippen LogP contribution >= 0.6 is 23.2 Å². The number of benzene rings is 1. The minimum atomic E-state index is 0.0309. The van der Waals surface area contributed by atoms with Crippen LogP contribution in [0.1, 0.15) is 36.0 Å². The summed E-state index contributed by atoms with van der Waals surface area (Å²) in [7, 11) is 0. The van der Waals surface area contributed by atoms with Crippen LogP contribution in [0.5, 0.6) is 0 Å². The van der Waals surface area contributed by atoms with Crippen LogP contribution in [-0.2, 0) is 0 Å². The van der Waals surface area contributed by atoms with Crippen molar-refractivity contribution < 1.29 is 4.79 Å². The zero-order chi connectivity index (χ0) is 12.5. The van der Waals surface area contributed by atoms with Gasteiger partial charge in [-0.25, -0.2) is 0 Å². The second-order valence-corrected chi connectivity index (χ2v) is 5.60. The minimum absolute atomic E-state index is 0.0309. The van der Waals surface area contributed by atoms with Crippen LogP contribution < -0.4 is 5.73 Å². The van der Waals surface area contributed by atoms with Crippen molar-refractivity contribution in [2.24, 2.45) is 11.1 Å². The molecule has 1 aliphatic carbocycles. The fraction of sp³-hybridized carbons (Fsp3) is 0.462. The van der Waals surface area contributed by atoms with Gasteiger partial charge in [0.1, 0.15) is 0 Å². The van der Waals surface area contributed by atoms with Crippen molar-refractivity contribution >= 4 is 29.0 Å². The van der Waals surface area contributed by atoms with Crippen molar-refractivity contribution in [2.45, 2.75) is 25.7 Å². The summed E-state index contributed by atoms with van der Waals surface area (Å²) >= 11 is 11.7. The molecule has 1 saturated carbocycles. The highest BCUT2D eigenvalue weighted by atomic mass is 35.5. The molecule has 0 heterocycles. The maximum Gasteiger partial charge on any atom is 0.163 e. The summed E-state index contributed by atoms with van der Waals surface area (Å²) in [5.74, 6) is 0.105. The molecule has 0 aliphatic heterocycles. The summed E-state index contributed by atoms with van der Waals surface area (Å²) < 4.78 is 0. The van der Waals surface area contributed by atoms with Gasteiger partial charge in [0, 0.05) is 12.0 Å². The Morgan fingerprint density at radius 1 is 1.29 bits per heavy atom. The molecule has 1 aromatic rings. The first-order valence-electron chi connectivity index (χ1n) is 5.75.